The molecule has 2 nitrogen and oxygen atoms in total. The molecule has 0 bridgehead atoms. The molecule has 0 aliphatic heterocycles. The van der Waals surface area contributed by atoms with Gasteiger partial charge in [-0.15, -0.1) is 0 Å². The second kappa shape index (κ2) is 8.61. The third kappa shape index (κ3) is 4.15. The quantitative estimate of drug-likeness (QED) is 0.676. The van der Waals surface area contributed by atoms with Crippen LogP contribution in [0.5, 0.6) is 0 Å². The van der Waals surface area contributed by atoms with Crippen molar-refractivity contribution in [3.63, 3.8) is 0 Å². The lowest BCUT2D eigenvalue weighted by Gasteiger charge is -2.38. The van der Waals surface area contributed by atoms with Crippen molar-refractivity contribution in [1.29, 1.82) is 0 Å². The molecule has 0 aliphatic carbocycles. The van der Waals surface area contributed by atoms with Gasteiger partial charge in [0.2, 0.25) is 0 Å². The highest BCUT2D eigenvalue weighted by Gasteiger charge is 2.45. The first-order valence-corrected chi connectivity index (χ1v) is 10.8. The van der Waals surface area contributed by atoms with Crippen LogP contribution >= 0.6 is 0 Å². The highest BCUT2D eigenvalue weighted by atomic mass is 28.4. The minimum Gasteiger partial charge on any atom is -0.388 e. The van der Waals surface area contributed by atoms with Crippen LogP contribution in [0, 0.1) is 11.8 Å². The summed E-state index contributed by atoms with van der Waals surface area (Å²) < 4.78 is 13.3. The molecule has 0 N–H and O–H groups in total. The van der Waals surface area contributed by atoms with E-state index in [1.54, 1.807) is 0 Å². The molecule has 0 spiro atoms. The van der Waals surface area contributed by atoms with Crippen LogP contribution in [0.15, 0.2) is 60.7 Å². The van der Waals surface area contributed by atoms with Gasteiger partial charge in [-0.05, 0) is 29.1 Å². The molecule has 0 amide bonds. The second-order valence-electron chi connectivity index (χ2n) is 6.85. The molecular weight excluding hydrogens is 312 g/mol. The maximum Gasteiger partial charge on any atom is 0.407 e. The molecule has 0 unspecified atom stereocenters. The Hall–Kier alpha value is -1.42. The normalized spacial score (nSPS) is 12.3. The van der Waals surface area contributed by atoms with Crippen molar-refractivity contribution in [2.75, 3.05) is 6.61 Å². The van der Waals surface area contributed by atoms with Gasteiger partial charge < -0.3 is 8.85 Å². The Labute approximate surface area is 148 Å². The third-order valence-electron chi connectivity index (χ3n) is 4.27. The fourth-order valence-electron chi connectivity index (χ4n) is 3.26. The average molecular weight is 343 g/mol. The van der Waals surface area contributed by atoms with Gasteiger partial charge in [-0.25, -0.2) is 0 Å². The fraction of sp³-hybridized carbons (Fsp3) is 0.429. The predicted molar refractivity (Wildman–Crippen MR) is 104 cm³/mol. The van der Waals surface area contributed by atoms with E-state index >= 15 is 0 Å². The Morgan fingerprint density at radius 3 is 1.50 bits per heavy atom. The van der Waals surface area contributed by atoms with E-state index in [1.165, 1.54) is 10.4 Å². The van der Waals surface area contributed by atoms with Crippen molar-refractivity contribution < 1.29 is 8.85 Å². The lowest BCUT2D eigenvalue weighted by atomic mass is 9.97. The molecule has 2 aromatic carbocycles. The number of hydrogen-bond acceptors (Lipinski definition) is 2. The lowest BCUT2D eigenvalue weighted by molar-refractivity contribution is 0.0653. The monoisotopic (exact) mass is 342 g/mol. The standard InChI is InChI=1S/C21H30O2Si/c1-6-22-24(19-13-9-7-10-14-19,20-15-11-8-12-16-20)23-21(17(2)3)18(4)5/h7-18,21H,6H2,1-5H3. The van der Waals surface area contributed by atoms with Gasteiger partial charge in [0, 0.05) is 6.61 Å². The van der Waals surface area contributed by atoms with E-state index in [0.717, 1.165) is 0 Å². The predicted octanol–water partition coefficient (Wildman–Crippen LogP) is 3.98. The first kappa shape index (κ1) is 18.9. The van der Waals surface area contributed by atoms with E-state index in [2.05, 4.69) is 83.1 Å². The number of benzene rings is 2. The Kier molecular flexibility index (Phi) is 6.78. The Bertz CT molecular complexity index is 548. The summed E-state index contributed by atoms with van der Waals surface area (Å²) in [5.41, 5.74) is 0. The maximum absolute atomic E-state index is 6.89. The van der Waals surface area contributed by atoms with Crippen molar-refractivity contribution >= 4 is 18.9 Å². The van der Waals surface area contributed by atoms with Gasteiger partial charge in [0.25, 0.3) is 0 Å². The van der Waals surface area contributed by atoms with E-state index in [-0.39, 0.29) is 6.10 Å². The van der Waals surface area contributed by atoms with E-state index in [4.69, 9.17) is 8.85 Å². The van der Waals surface area contributed by atoms with E-state index in [0.29, 0.717) is 18.4 Å². The summed E-state index contributed by atoms with van der Waals surface area (Å²) >= 11 is 0. The molecule has 2 aromatic rings. The average Bonchev–Trinajstić information content (AvgIpc) is 2.59. The summed E-state index contributed by atoms with van der Waals surface area (Å²) in [5.74, 6) is 0.870. The molecule has 0 saturated carbocycles. The smallest absolute Gasteiger partial charge is 0.388 e. The largest absolute Gasteiger partial charge is 0.407 e. The Morgan fingerprint density at radius 1 is 0.750 bits per heavy atom. The van der Waals surface area contributed by atoms with Crippen LogP contribution in [0.4, 0.5) is 0 Å². The molecule has 0 saturated heterocycles. The minimum absolute atomic E-state index is 0.156. The van der Waals surface area contributed by atoms with Gasteiger partial charge in [0.1, 0.15) is 0 Å². The van der Waals surface area contributed by atoms with Gasteiger partial charge in [-0.1, -0.05) is 88.4 Å². The third-order valence-corrected chi connectivity index (χ3v) is 7.76. The molecule has 130 valence electrons. The second-order valence-corrected chi connectivity index (χ2v) is 9.76. The summed E-state index contributed by atoms with van der Waals surface area (Å²) in [4.78, 5) is 0. The molecule has 0 aliphatic rings. The topological polar surface area (TPSA) is 18.5 Å². The van der Waals surface area contributed by atoms with Crippen LogP contribution in [0.25, 0.3) is 0 Å². The van der Waals surface area contributed by atoms with Crippen molar-refractivity contribution in [2.24, 2.45) is 11.8 Å². The van der Waals surface area contributed by atoms with Gasteiger partial charge in [-0.2, -0.15) is 0 Å². The SMILES string of the molecule is CCO[Si](OC(C(C)C)C(C)C)(c1ccccc1)c1ccccc1. The highest BCUT2D eigenvalue weighted by Crippen LogP contribution is 2.22. The van der Waals surface area contributed by atoms with Gasteiger partial charge in [-0.3, -0.25) is 0 Å². The summed E-state index contributed by atoms with van der Waals surface area (Å²) in [6.45, 7) is 11.6. The summed E-state index contributed by atoms with van der Waals surface area (Å²) in [6.07, 6.45) is 0.156. The summed E-state index contributed by atoms with van der Waals surface area (Å²) in [6, 6.07) is 21.0. The zero-order chi connectivity index (χ0) is 17.6. The van der Waals surface area contributed by atoms with Crippen LogP contribution in [0.1, 0.15) is 34.6 Å². The van der Waals surface area contributed by atoms with Gasteiger partial charge in [0.15, 0.2) is 0 Å². The zero-order valence-electron chi connectivity index (χ0n) is 15.5. The van der Waals surface area contributed by atoms with Crippen molar-refractivity contribution in [1.82, 2.24) is 0 Å². The zero-order valence-corrected chi connectivity index (χ0v) is 16.5. The van der Waals surface area contributed by atoms with Gasteiger partial charge in [0.05, 0.1) is 6.10 Å². The molecule has 0 atom stereocenters. The van der Waals surface area contributed by atoms with Crippen LogP contribution in [-0.2, 0) is 8.85 Å². The van der Waals surface area contributed by atoms with Crippen LogP contribution in [-0.4, -0.2) is 21.3 Å². The van der Waals surface area contributed by atoms with Crippen molar-refractivity contribution in [3.8, 4) is 0 Å². The van der Waals surface area contributed by atoms with E-state index in [9.17, 15) is 0 Å². The fourth-order valence-corrected chi connectivity index (χ4v) is 6.86. The number of hydrogen-bond donors (Lipinski definition) is 0. The summed E-state index contributed by atoms with van der Waals surface area (Å²) in [5, 5.41) is 2.34. The van der Waals surface area contributed by atoms with Crippen LogP contribution < -0.4 is 10.4 Å². The van der Waals surface area contributed by atoms with E-state index < -0.39 is 8.56 Å². The minimum atomic E-state index is -2.74. The lowest BCUT2D eigenvalue weighted by Crippen LogP contribution is -2.65. The molecule has 2 rings (SSSR count). The van der Waals surface area contributed by atoms with Crippen LogP contribution in [0.3, 0.4) is 0 Å². The first-order chi connectivity index (χ1) is 11.5. The van der Waals surface area contributed by atoms with E-state index in [1.807, 2.05) is 12.1 Å². The van der Waals surface area contributed by atoms with Crippen molar-refractivity contribution in [3.05, 3.63) is 60.7 Å². The maximum atomic E-state index is 6.89. The molecule has 3 heteroatoms. The molecule has 0 aromatic heterocycles. The molecule has 0 heterocycles. The first-order valence-electron chi connectivity index (χ1n) is 8.94. The highest BCUT2D eigenvalue weighted by molar-refractivity contribution is 6.92. The molecule has 0 radical (unpaired) electrons. The number of rotatable bonds is 8. The summed E-state index contributed by atoms with van der Waals surface area (Å²) in [7, 11) is -2.74. The molecule has 24 heavy (non-hydrogen) atoms. The molecular formula is C21H30O2Si. The Balaban J connectivity index is 2.58. The molecule has 0 fully saturated rings. The Morgan fingerprint density at radius 2 is 1.17 bits per heavy atom. The van der Waals surface area contributed by atoms with Crippen molar-refractivity contribution in [2.45, 2.75) is 40.7 Å². The van der Waals surface area contributed by atoms with Crippen LogP contribution in [0.2, 0.25) is 0 Å². The van der Waals surface area contributed by atoms with Gasteiger partial charge >= 0.3 is 8.56 Å².